The highest BCUT2D eigenvalue weighted by atomic mass is 32.1. The first-order valence-electron chi connectivity index (χ1n) is 8.50. The predicted octanol–water partition coefficient (Wildman–Crippen LogP) is 3.25. The number of carbonyl (C=O) groups excluding carboxylic acids is 1. The lowest BCUT2D eigenvalue weighted by Gasteiger charge is -2.27. The summed E-state index contributed by atoms with van der Waals surface area (Å²) >= 11 is 1.50. The van der Waals surface area contributed by atoms with Crippen molar-refractivity contribution in [1.82, 2.24) is 5.32 Å². The fourth-order valence-corrected chi connectivity index (χ4v) is 3.91. The molecule has 4 N–H and O–H groups in total. The molecule has 26 heavy (non-hydrogen) atoms. The van der Waals surface area contributed by atoms with Crippen molar-refractivity contribution in [3.63, 3.8) is 0 Å². The number of nitrogen functional groups attached to an aromatic ring is 1. The number of anilines is 3. The number of nitrogens with one attached hydrogen (secondary N) is 2. The molecule has 1 amide bonds. The molecule has 0 bridgehead atoms. The van der Waals surface area contributed by atoms with E-state index in [-0.39, 0.29) is 5.91 Å². The molecule has 0 atom stereocenters. The summed E-state index contributed by atoms with van der Waals surface area (Å²) in [7, 11) is 0. The quantitative estimate of drug-likeness (QED) is 0.616. The predicted molar refractivity (Wildman–Crippen MR) is 106 cm³/mol. The van der Waals surface area contributed by atoms with Gasteiger partial charge in [-0.15, -0.1) is 11.3 Å². The van der Waals surface area contributed by atoms with Crippen molar-refractivity contribution >= 4 is 33.6 Å². The maximum absolute atomic E-state index is 12.7. The zero-order chi connectivity index (χ0) is 17.9. The zero-order valence-corrected chi connectivity index (χ0v) is 15.0. The lowest BCUT2D eigenvalue weighted by Crippen LogP contribution is -2.43. The Bertz CT molecular complexity index is 898. The molecule has 0 aliphatic carbocycles. The van der Waals surface area contributed by atoms with Crippen LogP contribution in [0.15, 0.2) is 53.3 Å². The fraction of sp³-hybridized carbons (Fsp3) is 0.211. The second-order valence-corrected chi connectivity index (χ2v) is 7.21. The van der Waals surface area contributed by atoms with Crippen LogP contribution in [0.5, 0.6) is 0 Å². The van der Waals surface area contributed by atoms with Gasteiger partial charge in [-0.2, -0.15) is 0 Å². The minimum atomic E-state index is -0.146. The molecule has 3 aromatic rings. The first-order valence-corrected chi connectivity index (χ1v) is 9.31. The summed E-state index contributed by atoms with van der Waals surface area (Å²) in [4.78, 5) is 15.6. The van der Waals surface area contributed by atoms with Crippen LogP contribution in [0.4, 0.5) is 16.4 Å². The molecule has 6 nitrogen and oxygen atoms in total. The molecule has 134 valence electrons. The normalized spacial score (nSPS) is 14.4. The topological polar surface area (TPSA) is 83.5 Å². The Labute approximate surface area is 155 Å². The van der Waals surface area contributed by atoms with Gasteiger partial charge in [-0.3, -0.25) is 4.79 Å². The molecule has 1 fully saturated rings. The second kappa shape index (κ2) is 7.23. The summed E-state index contributed by atoms with van der Waals surface area (Å²) in [5, 5.41) is 7.38. The Morgan fingerprint density at radius 1 is 1.15 bits per heavy atom. The van der Waals surface area contributed by atoms with Gasteiger partial charge in [0.05, 0.1) is 33.8 Å². The van der Waals surface area contributed by atoms with Crippen LogP contribution in [0.2, 0.25) is 0 Å². The van der Waals surface area contributed by atoms with Crippen LogP contribution in [0.1, 0.15) is 9.67 Å². The fourth-order valence-electron chi connectivity index (χ4n) is 2.96. The number of furan rings is 1. The van der Waals surface area contributed by atoms with E-state index in [2.05, 4.69) is 15.5 Å². The van der Waals surface area contributed by atoms with Crippen molar-refractivity contribution in [2.75, 3.05) is 42.1 Å². The number of thiophene rings is 1. The van der Waals surface area contributed by atoms with E-state index in [1.807, 2.05) is 30.3 Å². The number of carbonyl (C=O) groups is 1. The molecule has 1 saturated heterocycles. The molecule has 2 aromatic heterocycles. The number of hydrogen-bond donors (Lipinski definition) is 3. The zero-order valence-electron chi connectivity index (χ0n) is 14.2. The average molecular weight is 368 g/mol. The Balaban J connectivity index is 1.51. The maximum atomic E-state index is 12.7. The van der Waals surface area contributed by atoms with E-state index in [9.17, 15) is 4.79 Å². The minimum Gasteiger partial charge on any atom is -0.472 e. The standard InChI is InChI=1S/C19H20N4O2S/c20-15-2-1-13(14-5-10-25-12-14)11-16(15)22-19(24)17-3-4-18(26-17)23-8-6-21-7-9-23/h1-5,10-12,21H,6-9,20H2,(H,22,24). The summed E-state index contributed by atoms with van der Waals surface area (Å²) < 4.78 is 5.12. The van der Waals surface area contributed by atoms with Gasteiger partial charge in [0, 0.05) is 31.7 Å². The van der Waals surface area contributed by atoms with Gasteiger partial charge in [0.25, 0.3) is 5.91 Å². The molecule has 0 saturated carbocycles. The molecule has 0 spiro atoms. The van der Waals surface area contributed by atoms with Crippen LogP contribution in [0.3, 0.4) is 0 Å². The molecule has 1 aliphatic rings. The van der Waals surface area contributed by atoms with Gasteiger partial charge in [-0.1, -0.05) is 6.07 Å². The number of benzene rings is 1. The van der Waals surface area contributed by atoms with Crippen molar-refractivity contribution in [2.45, 2.75) is 0 Å². The number of rotatable bonds is 4. The van der Waals surface area contributed by atoms with Gasteiger partial charge in [0.2, 0.25) is 0 Å². The Hall–Kier alpha value is -2.77. The molecule has 1 aliphatic heterocycles. The summed E-state index contributed by atoms with van der Waals surface area (Å²) in [5.41, 5.74) is 9.06. The average Bonchev–Trinajstić information content (AvgIpc) is 3.36. The van der Waals surface area contributed by atoms with Crippen molar-refractivity contribution in [2.24, 2.45) is 0 Å². The van der Waals surface area contributed by atoms with E-state index < -0.39 is 0 Å². The van der Waals surface area contributed by atoms with E-state index in [1.54, 1.807) is 18.6 Å². The van der Waals surface area contributed by atoms with E-state index in [1.165, 1.54) is 11.3 Å². The first kappa shape index (κ1) is 16.7. The SMILES string of the molecule is Nc1ccc(-c2ccoc2)cc1NC(=O)c1ccc(N2CCNCC2)s1. The third kappa shape index (κ3) is 3.44. The molecule has 7 heteroatoms. The van der Waals surface area contributed by atoms with Crippen molar-refractivity contribution in [1.29, 1.82) is 0 Å². The highest BCUT2D eigenvalue weighted by Gasteiger charge is 2.16. The summed E-state index contributed by atoms with van der Waals surface area (Å²) in [6, 6.07) is 11.3. The van der Waals surface area contributed by atoms with E-state index in [4.69, 9.17) is 10.2 Å². The van der Waals surface area contributed by atoms with Gasteiger partial charge in [0.1, 0.15) is 0 Å². The minimum absolute atomic E-state index is 0.146. The molecule has 1 aromatic carbocycles. The highest BCUT2D eigenvalue weighted by molar-refractivity contribution is 7.18. The molecular formula is C19H20N4O2S. The van der Waals surface area contributed by atoms with Gasteiger partial charge in [0.15, 0.2) is 0 Å². The third-order valence-electron chi connectivity index (χ3n) is 4.40. The van der Waals surface area contributed by atoms with E-state index >= 15 is 0 Å². The summed E-state index contributed by atoms with van der Waals surface area (Å²) in [5.74, 6) is -0.146. The summed E-state index contributed by atoms with van der Waals surface area (Å²) in [6.07, 6.45) is 3.28. The van der Waals surface area contributed by atoms with Crippen LogP contribution >= 0.6 is 11.3 Å². The number of hydrogen-bond acceptors (Lipinski definition) is 6. The first-order chi connectivity index (χ1) is 12.7. The molecular weight excluding hydrogens is 348 g/mol. The largest absolute Gasteiger partial charge is 0.472 e. The molecule has 0 unspecified atom stereocenters. The van der Waals surface area contributed by atoms with Crippen molar-refractivity contribution in [3.05, 3.63) is 53.8 Å². The molecule has 3 heterocycles. The van der Waals surface area contributed by atoms with E-state index in [0.717, 1.165) is 42.3 Å². The van der Waals surface area contributed by atoms with E-state index in [0.29, 0.717) is 16.3 Å². The lowest BCUT2D eigenvalue weighted by atomic mass is 10.1. The Morgan fingerprint density at radius 2 is 2.00 bits per heavy atom. The van der Waals surface area contributed by atoms with Gasteiger partial charge in [-0.05, 0) is 35.9 Å². The lowest BCUT2D eigenvalue weighted by molar-refractivity contribution is 0.103. The van der Waals surface area contributed by atoms with Crippen LogP contribution in [-0.2, 0) is 0 Å². The van der Waals surface area contributed by atoms with Gasteiger partial charge >= 0.3 is 0 Å². The monoisotopic (exact) mass is 368 g/mol. The maximum Gasteiger partial charge on any atom is 0.265 e. The number of amides is 1. The molecule has 0 radical (unpaired) electrons. The van der Waals surface area contributed by atoms with Crippen LogP contribution in [0, 0.1) is 0 Å². The number of nitrogens with zero attached hydrogens (tertiary/aromatic N) is 1. The van der Waals surface area contributed by atoms with Crippen LogP contribution < -0.4 is 21.3 Å². The third-order valence-corrected chi connectivity index (χ3v) is 5.55. The van der Waals surface area contributed by atoms with Crippen LogP contribution in [0.25, 0.3) is 11.1 Å². The Morgan fingerprint density at radius 3 is 2.77 bits per heavy atom. The molecule has 4 rings (SSSR count). The number of piperazine rings is 1. The second-order valence-electron chi connectivity index (χ2n) is 6.14. The van der Waals surface area contributed by atoms with Crippen LogP contribution in [-0.4, -0.2) is 32.1 Å². The summed E-state index contributed by atoms with van der Waals surface area (Å²) in [6.45, 7) is 3.86. The highest BCUT2D eigenvalue weighted by Crippen LogP contribution is 2.30. The van der Waals surface area contributed by atoms with Crippen molar-refractivity contribution < 1.29 is 9.21 Å². The van der Waals surface area contributed by atoms with Gasteiger partial charge < -0.3 is 25.7 Å². The van der Waals surface area contributed by atoms with Gasteiger partial charge in [-0.25, -0.2) is 0 Å². The number of nitrogens with two attached hydrogens (primary N) is 1. The van der Waals surface area contributed by atoms with Crippen molar-refractivity contribution in [3.8, 4) is 11.1 Å². The smallest absolute Gasteiger partial charge is 0.265 e. The Kier molecular flexibility index (Phi) is 4.64.